The van der Waals surface area contributed by atoms with Crippen LogP contribution in [0.3, 0.4) is 0 Å². The number of aryl methyl sites for hydroxylation is 1. The molecule has 3 heterocycles. The minimum atomic E-state index is -0.465. The van der Waals surface area contributed by atoms with Gasteiger partial charge in [-0.1, -0.05) is 33.6 Å². The molecule has 1 aliphatic carbocycles. The molecule has 8 nitrogen and oxygen atoms in total. The van der Waals surface area contributed by atoms with E-state index in [4.69, 9.17) is 4.74 Å². The van der Waals surface area contributed by atoms with E-state index in [1.54, 1.807) is 9.58 Å². The van der Waals surface area contributed by atoms with Crippen molar-refractivity contribution >= 4 is 34.2 Å². The highest BCUT2D eigenvalue weighted by molar-refractivity contribution is 6.06. The van der Waals surface area contributed by atoms with Crippen molar-refractivity contribution < 1.29 is 23.9 Å². The highest BCUT2D eigenvalue weighted by Crippen LogP contribution is 2.62. The molecule has 8 heteroatoms. The fourth-order valence-corrected chi connectivity index (χ4v) is 7.25. The van der Waals surface area contributed by atoms with Gasteiger partial charge in [-0.05, 0) is 75.5 Å². The van der Waals surface area contributed by atoms with Crippen molar-refractivity contribution in [2.24, 2.45) is 10.8 Å². The van der Waals surface area contributed by atoms with Gasteiger partial charge >= 0.3 is 0 Å². The fraction of sp³-hybridized carbons (Fsp3) is 0.667. The van der Waals surface area contributed by atoms with E-state index >= 15 is 0 Å². The Labute approximate surface area is 243 Å². The number of carbonyl (C=O) groups is 4. The van der Waals surface area contributed by atoms with Crippen LogP contribution in [0.4, 0.5) is 0 Å². The molecule has 1 amide bonds. The number of rotatable bonds is 5. The first-order chi connectivity index (χ1) is 19.4. The highest BCUT2D eigenvalue weighted by Gasteiger charge is 2.66. The molecule has 2 fully saturated rings. The summed E-state index contributed by atoms with van der Waals surface area (Å²) in [5, 5.41) is 5.38. The number of ketones is 3. The van der Waals surface area contributed by atoms with Gasteiger partial charge in [-0.3, -0.25) is 23.9 Å². The van der Waals surface area contributed by atoms with Crippen LogP contribution < -0.4 is 4.74 Å². The number of Topliss-reactive ketones (excluding diaryl/α,β-unsaturated/α-hetero) is 3. The van der Waals surface area contributed by atoms with Gasteiger partial charge in [-0.15, -0.1) is 0 Å². The molecule has 1 aromatic carbocycles. The first-order valence-electron chi connectivity index (χ1n) is 15.4. The number of piperidine rings is 1. The molecule has 222 valence electrons. The van der Waals surface area contributed by atoms with E-state index in [2.05, 4.69) is 18.9 Å². The van der Waals surface area contributed by atoms with Crippen molar-refractivity contribution in [3.8, 4) is 5.75 Å². The van der Waals surface area contributed by atoms with Gasteiger partial charge in [0.15, 0.2) is 11.6 Å². The number of nitrogens with zero attached hydrogens (tertiary/aromatic N) is 3. The molecule has 1 saturated heterocycles. The van der Waals surface area contributed by atoms with E-state index in [0.29, 0.717) is 36.1 Å². The smallest absolute Gasteiger partial charge is 0.245 e. The molecule has 3 atom stereocenters. The van der Waals surface area contributed by atoms with Crippen LogP contribution in [0.25, 0.3) is 10.9 Å². The van der Waals surface area contributed by atoms with Crippen molar-refractivity contribution in [2.75, 3.05) is 0 Å². The Kier molecular flexibility index (Phi) is 7.90. The van der Waals surface area contributed by atoms with E-state index in [1.807, 2.05) is 32.9 Å². The van der Waals surface area contributed by atoms with E-state index in [0.717, 1.165) is 56.0 Å². The minimum Gasteiger partial charge on any atom is -0.491 e. The van der Waals surface area contributed by atoms with Gasteiger partial charge in [0.05, 0.1) is 17.7 Å². The van der Waals surface area contributed by atoms with Gasteiger partial charge in [0.25, 0.3) is 0 Å². The van der Waals surface area contributed by atoms with Gasteiger partial charge in [0.1, 0.15) is 23.8 Å². The Bertz CT molecular complexity index is 1390. The Morgan fingerprint density at radius 3 is 2.51 bits per heavy atom. The molecule has 3 aliphatic rings. The summed E-state index contributed by atoms with van der Waals surface area (Å²) in [5.41, 5.74) is 1.57. The molecule has 2 aliphatic heterocycles. The Morgan fingerprint density at radius 1 is 1.07 bits per heavy atom. The molecular weight excluding hydrogens is 518 g/mol. The van der Waals surface area contributed by atoms with Gasteiger partial charge in [0, 0.05) is 36.6 Å². The van der Waals surface area contributed by atoms with Crippen LogP contribution in [-0.4, -0.2) is 56.1 Å². The number of amides is 1. The third-order valence-electron chi connectivity index (χ3n) is 9.67. The largest absolute Gasteiger partial charge is 0.491 e. The predicted octanol–water partition coefficient (Wildman–Crippen LogP) is 5.86. The van der Waals surface area contributed by atoms with Crippen LogP contribution in [0.1, 0.15) is 115 Å². The normalized spacial score (nSPS) is 26.7. The average Bonchev–Trinajstić information content (AvgIpc) is 3.31. The van der Waals surface area contributed by atoms with Crippen molar-refractivity contribution in [2.45, 2.75) is 130 Å². The predicted molar refractivity (Wildman–Crippen MR) is 157 cm³/mol. The minimum absolute atomic E-state index is 0.0262. The number of carbonyl (C=O) groups excluding carboxylic acids is 4. The second-order valence-corrected chi connectivity index (χ2v) is 13.5. The van der Waals surface area contributed by atoms with Crippen LogP contribution in [0.15, 0.2) is 12.1 Å². The van der Waals surface area contributed by atoms with E-state index in [9.17, 15) is 19.2 Å². The zero-order chi connectivity index (χ0) is 29.7. The van der Waals surface area contributed by atoms with E-state index < -0.39 is 11.5 Å². The molecule has 0 unspecified atom stereocenters. The summed E-state index contributed by atoms with van der Waals surface area (Å²) in [6.45, 7) is 11.3. The Morgan fingerprint density at radius 2 is 1.83 bits per heavy atom. The molecule has 0 radical (unpaired) electrons. The number of hydrogen-bond acceptors (Lipinski definition) is 6. The molecule has 0 spiro atoms. The summed E-state index contributed by atoms with van der Waals surface area (Å²) in [4.78, 5) is 54.9. The lowest BCUT2D eigenvalue weighted by Gasteiger charge is -2.27. The monoisotopic (exact) mass is 563 g/mol. The van der Waals surface area contributed by atoms with Gasteiger partial charge in [-0.25, -0.2) is 0 Å². The Hall–Kier alpha value is -3.03. The van der Waals surface area contributed by atoms with E-state index in [-0.39, 0.29) is 47.4 Å². The zero-order valence-electron chi connectivity index (χ0n) is 25.5. The summed E-state index contributed by atoms with van der Waals surface area (Å²) >= 11 is 0. The third kappa shape index (κ3) is 5.59. The topological polar surface area (TPSA) is 98.6 Å². The molecule has 2 aromatic rings. The van der Waals surface area contributed by atoms with Gasteiger partial charge < -0.3 is 9.64 Å². The number of hydrogen-bond donors (Lipinski definition) is 0. The van der Waals surface area contributed by atoms with Crippen molar-refractivity contribution in [3.05, 3.63) is 23.4 Å². The molecule has 1 aromatic heterocycles. The molecule has 41 heavy (non-hydrogen) atoms. The van der Waals surface area contributed by atoms with Crippen LogP contribution in [0.5, 0.6) is 5.75 Å². The summed E-state index contributed by atoms with van der Waals surface area (Å²) in [5.74, 6) is 0.720. The van der Waals surface area contributed by atoms with Gasteiger partial charge in [0.2, 0.25) is 5.91 Å². The molecule has 0 N–H and O–H groups in total. The lowest BCUT2D eigenvalue weighted by molar-refractivity contribution is -0.139. The maximum absolute atomic E-state index is 14.0. The van der Waals surface area contributed by atoms with Crippen LogP contribution in [0, 0.1) is 10.8 Å². The molecular formula is C33H45N3O5. The third-order valence-corrected chi connectivity index (χ3v) is 9.67. The van der Waals surface area contributed by atoms with Crippen molar-refractivity contribution in [1.82, 2.24) is 14.7 Å². The SMILES string of the molecule is CCC(=O)[C@@H]1C[C@]23CCC(=O)C(C)(C)CCCCCc4cc(OC(C)C)cc5c(C(C)=O)nn(c45)CC(=O)N1[C@@H]2C3. The van der Waals surface area contributed by atoms with Crippen LogP contribution in [-0.2, 0) is 27.3 Å². The number of ether oxygens (including phenoxy) is 1. The molecule has 5 rings (SSSR count). The standard InChI is InChI=1S/C33H45N3O5/c1-7-26(38)25-17-33-14-12-28(39)32(5,6)13-10-8-9-11-22-15-23(41-20(2)3)16-24-30(21(4)37)34-35(31(22)24)19-29(40)36(25)27(33)18-33/h15-16,20,25,27H,7-14,17-19H2,1-6H3/t25-,27+,33-/m0/s1. The second kappa shape index (κ2) is 11.0. The maximum Gasteiger partial charge on any atom is 0.245 e. The van der Waals surface area contributed by atoms with E-state index in [1.165, 1.54) is 6.92 Å². The van der Waals surface area contributed by atoms with Crippen LogP contribution in [0.2, 0.25) is 0 Å². The fourth-order valence-electron chi connectivity index (χ4n) is 7.25. The maximum atomic E-state index is 14.0. The summed E-state index contributed by atoms with van der Waals surface area (Å²) in [6.07, 6.45) is 7.41. The van der Waals surface area contributed by atoms with Crippen molar-refractivity contribution in [3.63, 3.8) is 0 Å². The number of aromatic nitrogens is 2. The summed E-state index contributed by atoms with van der Waals surface area (Å²) < 4.78 is 7.74. The lowest BCUT2D eigenvalue weighted by atomic mass is 9.79. The first kappa shape index (κ1) is 29.5. The van der Waals surface area contributed by atoms with Gasteiger partial charge in [-0.2, -0.15) is 5.10 Å². The average molecular weight is 564 g/mol. The van der Waals surface area contributed by atoms with Crippen LogP contribution >= 0.6 is 0 Å². The quantitative estimate of drug-likeness (QED) is 0.423. The molecule has 2 bridgehead atoms. The lowest BCUT2D eigenvalue weighted by Crippen LogP contribution is -2.44. The summed E-state index contributed by atoms with van der Waals surface area (Å²) in [6, 6.07) is 3.39. The van der Waals surface area contributed by atoms with Crippen molar-refractivity contribution in [1.29, 1.82) is 0 Å². The first-order valence-corrected chi connectivity index (χ1v) is 15.4. The second-order valence-electron chi connectivity index (χ2n) is 13.5. The number of benzene rings is 1. The Balaban J connectivity index is 1.59. The molecule has 1 saturated carbocycles. The summed E-state index contributed by atoms with van der Waals surface area (Å²) in [7, 11) is 0. The zero-order valence-corrected chi connectivity index (χ0v) is 25.5. The highest BCUT2D eigenvalue weighted by atomic mass is 16.5.